The lowest BCUT2D eigenvalue weighted by Gasteiger charge is -2.59. The summed E-state index contributed by atoms with van der Waals surface area (Å²) in [5.74, 6) is 5.48. The van der Waals surface area contributed by atoms with Crippen LogP contribution in [0.3, 0.4) is 0 Å². The summed E-state index contributed by atoms with van der Waals surface area (Å²) >= 11 is 0. The maximum absolute atomic E-state index is 6.65. The molecular formula is C28H48O2. The Bertz CT molecular complexity index is 645. The summed E-state index contributed by atoms with van der Waals surface area (Å²) in [5, 5.41) is 0. The summed E-state index contributed by atoms with van der Waals surface area (Å²) in [6.45, 7) is 12.7. The predicted octanol–water partition coefficient (Wildman–Crippen LogP) is 7.25. The predicted molar refractivity (Wildman–Crippen MR) is 123 cm³/mol. The van der Waals surface area contributed by atoms with E-state index in [0.717, 1.165) is 41.9 Å². The average molecular weight is 417 g/mol. The third-order valence-electron chi connectivity index (χ3n) is 11.6. The molecule has 0 radical (unpaired) electrons. The fourth-order valence-corrected chi connectivity index (χ4v) is 9.87. The van der Waals surface area contributed by atoms with Gasteiger partial charge in [0.15, 0.2) is 0 Å². The Morgan fingerprint density at radius 2 is 1.77 bits per heavy atom. The summed E-state index contributed by atoms with van der Waals surface area (Å²) in [6.07, 6.45) is 16.2. The fourth-order valence-electron chi connectivity index (χ4n) is 9.87. The van der Waals surface area contributed by atoms with Crippen LogP contribution in [0.15, 0.2) is 0 Å². The molecule has 0 aromatic rings. The van der Waals surface area contributed by atoms with Crippen molar-refractivity contribution < 1.29 is 9.47 Å². The first-order valence-corrected chi connectivity index (χ1v) is 13.5. The molecule has 2 nitrogen and oxygen atoms in total. The zero-order valence-electron chi connectivity index (χ0n) is 20.7. The highest BCUT2D eigenvalue weighted by Gasteiger charge is 2.76. The molecule has 5 aliphatic rings. The van der Waals surface area contributed by atoms with Crippen molar-refractivity contribution in [1.82, 2.24) is 0 Å². The number of ether oxygens (including phenoxy) is 2. The van der Waals surface area contributed by atoms with Gasteiger partial charge in [-0.2, -0.15) is 0 Å². The average Bonchev–Trinajstić information content (AvgIpc) is 3.28. The van der Waals surface area contributed by atoms with Crippen LogP contribution in [0, 0.1) is 46.3 Å². The minimum Gasteiger partial charge on any atom is -0.381 e. The van der Waals surface area contributed by atoms with E-state index in [9.17, 15) is 0 Å². The van der Waals surface area contributed by atoms with Crippen LogP contribution in [0.1, 0.15) is 105 Å². The maximum atomic E-state index is 6.65. The Labute approximate surface area is 186 Å². The lowest BCUT2D eigenvalue weighted by Crippen LogP contribution is -2.58. The molecular weight excluding hydrogens is 368 g/mol. The molecule has 1 spiro atoms. The normalized spacial score (nSPS) is 52.9. The monoisotopic (exact) mass is 416 g/mol. The number of rotatable bonds is 6. The van der Waals surface area contributed by atoms with Gasteiger partial charge in [0.25, 0.3) is 0 Å². The Balaban J connectivity index is 1.32. The van der Waals surface area contributed by atoms with Crippen molar-refractivity contribution in [2.24, 2.45) is 46.3 Å². The van der Waals surface area contributed by atoms with Gasteiger partial charge in [-0.15, -0.1) is 0 Å². The number of fused-ring (bicyclic) bond motifs is 4. The number of epoxide rings is 1. The molecule has 2 heteroatoms. The Kier molecular flexibility index (Phi) is 5.42. The second-order valence-electron chi connectivity index (χ2n) is 13.2. The van der Waals surface area contributed by atoms with Crippen LogP contribution >= 0.6 is 0 Å². The summed E-state index contributed by atoms with van der Waals surface area (Å²) in [5.41, 5.74) is 1.16. The molecule has 10 unspecified atom stereocenters. The molecule has 4 saturated carbocycles. The van der Waals surface area contributed by atoms with Gasteiger partial charge >= 0.3 is 0 Å². The van der Waals surface area contributed by atoms with E-state index < -0.39 is 0 Å². The minimum atomic E-state index is 0.170. The van der Waals surface area contributed by atoms with Gasteiger partial charge in [0, 0.05) is 18.9 Å². The highest BCUT2D eigenvalue weighted by atomic mass is 16.6. The van der Waals surface area contributed by atoms with E-state index in [1.807, 2.05) is 7.11 Å². The molecule has 30 heavy (non-hydrogen) atoms. The van der Waals surface area contributed by atoms with E-state index in [4.69, 9.17) is 9.47 Å². The van der Waals surface area contributed by atoms with E-state index in [0.29, 0.717) is 23.0 Å². The van der Waals surface area contributed by atoms with Crippen molar-refractivity contribution in [3.63, 3.8) is 0 Å². The van der Waals surface area contributed by atoms with Gasteiger partial charge in [0.2, 0.25) is 0 Å². The molecule has 1 aliphatic heterocycles. The lowest BCUT2D eigenvalue weighted by atomic mass is 9.44. The van der Waals surface area contributed by atoms with Gasteiger partial charge in [-0.05, 0) is 85.9 Å². The molecule has 0 bridgehead atoms. The number of hydrogen-bond donors (Lipinski definition) is 0. The first-order chi connectivity index (χ1) is 14.2. The summed E-state index contributed by atoms with van der Waals surface area (Å²) in [6, 6.07) is 0. The van der Waals surface area contributed by atoms with Crippen molar-refractivity contribution in [2.75, 3.05) is 7.11 Å². The third kappa shape index (κ3) is 3.01. The second-order valence-corrected chi connectivity index (χ2v) is 13.2. The number of hydrogen-bond acceptors (Lipinski definition) is 2. The third-order valence-corrected chi connectivity index (χ3v) is 11.6. The Morgan fingerprint density at radius 1 is 0.967 bits per heavy atom. The molecule has 4 aliphatic carbocycles. The largest absolute Gasteiger partial charge is 0.381 e. The van der Waals surface area contributed by atoms with Crippen LogP contribution in [0.5, 0.6) is 0 Å². The lowest BCUT2D eigenvalue weighted by molar-refractivity contribution is -0.121. The van der Waals surface area contributed by atoms with Crippen LogP contribution < -0.4 is 0 Å². The highest BCUT2D eigenvalue weighted by Crippen LogP contribution is 2.74. The van der Waals surface area contributed by atoms with E-state index >= 15 is 0 Å². The van der Waals surface area contributed by atoms with Crippen LogP contribution in [0.25, 0.3) is 0 Å². The quantitative estimate of drug-likeness (QED) is 0.425. The van der Waals surface area contributed by atoms with E-state index in [1.54, 1.807) is 0 Å². The molecule has 1 heterocycles. The van der Waals surface area contributed by atoms with Gasteiger partial charge in [-0.1, -0.05) is 53.9 Å². The van der Waals surface area contributed by atoms with Gasteiger partial charge < -0.3 is 9.47 Å². The minimum absolute atomic E-state index is 0.170. The van der Waals surface area contributed by atoms with E-state index in [1.165, 1.54) is 64.2 Å². The molecule has 5 fully saturated rings. The van der Waals surface area contributed by atoms with Crippen LogP contribution in [-0.2, 0) is 9.47 Å². The summed E-state index contributed by atoms with van der Waals surface area (Å²) in [4.78, 5) is 0. The van der Waals surface area contributed by atoms with Crippen molar-refractivity contribution in [3.05, 3.63) is 0 Å². The van der Waals surface area contributed by atoms with E-state index in [2.05, 4.69) is 34.6 Å². The molecule has 0 aromatic heterocycles. The van der Waals surface area contributed by atoms with Crippen molar-refractivity contribution >= 4 is 0 Å². The summed E-state index contributed by atoms with van der Waals surface area (Å²) < 4.78 is 12.5. The first kappa shape index (κ1) is 21.7. The topological polar surface area (TPSA) is 21.8 Å². The van der Waals surface area contributed by atoms with Crippen LogP contribution in [0.4, 0.5) is 0 Å². The number of methoxy groups -OCH3 is 1. The van der Waals surface area contributed by atoms with Gasteiger partial charge in [0.1, 0.15) is 5.60 Å². The van der Waals surface area contributed by atoms with Gasteiger partial charge in [0.05, 0.1) is 12.2 Å². The van der Waals surface area contributed by atoms with Crippen molar-refractivity contribution in [2.45, 2.75) is 123 Å². The zero-order valence-corrected chi connectivity index (χ0v) is 20.7. The highest BCUT2D eigenvalue weighted by molar-refractivity contribution is 5.24. The molecule has 0 aromatic carbocycles. The molecule has 10 atom stereocenters. The smallest absolute Gasteiger partial charge is 0.103 e. The zero-order chi connectivity index (χ0) is 21.3. The molecule has 5 rings (SSSR count). The van der Waals surface area contributed by atoms with Crippen molar-refractivity contribution in [1.29, 1.82) is 0 Å². The molecule has 1 saturated heterocycles. The standard InChI is InChI=1S/C28H48O2/c1-18(2)8-7-9-19(3)22-10-11-23-21-16-25-28(30-25)17-20(29-6)12-15-27(28,5)24(21)13-14-26(22,23)4/h18-25H,7-17H2,1-6H3. The van der Waals surface area contributed by atoms with Crippen molar-refractivity contribution in [3.8, 4) is 0 Å². The fraction of sp³-hybridized carbons (Fsp3) is 1.00. The molecule has 172 valence electrons. The van der Waals surface area contributed by atoms with Gasteiger partial charge in [-0.3, -0.25) is 0 Å². The summed E-state index contributed by atoms with van der Waals surface area (Å²) in [7, 11) is 1.90. The second kappa shape index (κ2) is 7.47. The van der Waals surface area contributed by atoms with Crippen LogP contribution in [0.2, 0.25) is 0 Å². The SMILES string of the molecule is COC1CCC2(C)C3CCC4(C)C(C(C)CCCC(C)C)CCC4C3CC3OC32C1. The Morgan fingerprint density at radius 3 is 2.50 bits per heavy atom. The van der Waals surface area contributed by atoms with Gasteiger partial charge in [-0.25, -0.2) is 0 Å². The molecule has 0 amide bonds. The molecule has 0 N–H and O–H groups in total. The van der Waals surface area contributed by atoms with Crippen LogP contribution in [-0.4, -0.2) is 24.9 Å². The first-order valence-electron chi connectivity index (χ1n) is 13.5. The van der Waals surface area contributed by atoms with E-state index in [-0.39, 0.29) is 5.60 Å². The Hall–Kier alpha value is -0.0800. The maximum Gasteiger partial charge on any atom is 0.103 e.